The normalized spacial score (nSPS) is 14.8. The first-order valence-electron chi connectivity index (χ1n) is 5.81. The minimum absolute atomic E-state index is 0.0736. The van der Waals surface area contributed by atoms with E-state index in [1.807, 2.05) is 20.8 Å². The molecule has 1 aliphatic rings. The van der Waals surface area contributed by atoms with Crippen LogP contribution in [0.3, 0.4) is 0 Å². The van der Waals surface area contributed by atoms with Crippen LogP contribution in [0.15, 0.2) is 12.3 Å². The van der Waals surface area contributed by atoms with E-state index in [1.165, 1.54) is 6.07 Å². The molecule has 16 heavy (non-hydrogen) atoms. The number of aryl methyl sites for hydroxylation is 1. The van der Waals surface area contributed by atoms with Gasteiger partial charge in [-0.3, -0.25) is 0 Å². The lowest BCUT2D eigenvalue weighted by molar-refractivity contribution is 0.129. The summed E-state index contributed by atoms with van der Waals surface area (Å²) < 4.78 is 18.7. The molecular weight excluding hydrogens is 207 g/mol. The Morgan fingerprint density at radius 3 is 2.62 bits per heavy atom. The quantitative estimate of drug-likeness (QED) is 0.857. The van der Waals surface area contributed by atoms with Gasteiger partial charge in [-0.15, -0.1) is 0 Å². The molecule has 1 aliphatic heterocycles. The van der Waals surface area contributed by atoms with Crippen molar-refractivity contribution in [3.63, 3.8) is 0 Å². The summed E-state index contributed by atoms with van der Waals surface area (Å²) in [6.45, 7) is 7.51. The summed E-state index contributed by atoms with van der Waals surface area (Å²) in [5, 5.41) is 3.05. The number of aromatic nitrogens is 1. The average molecular weight is 226 g/mol. The summed E-state index contributed by atoms with van der Waals surface area (Å²) in [5.74, 6) is -0.245. The van der Waals surface area contributed by atoms with Crippen LogP contribution in [0.2, 0.25) is 0 Å². The molecule has 2 heterocycles. The van der Waals surface area contributed by atoms with Gasteiger partial charge in [0, 0.05) is 19.3 Å². The number of nitrogens with zero attached hydrogens (tertiary/aromatic N) is 1. The third-order valence-electron chi connectivity index (χ3n) is 2.29. The molecule has 0 amide bonds. The standard InChI is InChI=1S/C10H13FN2O.C2H6/c1-2-7-3-9(11)10(13-4-7)14-8-5-12-6-8;1-2/h3-4,8,12H,2,5-6H2,1H3;1-2H3. The van der Waals surface area contributed by atoms with Crippen LogP contribution in [0, 0.1) is 5.82 Å². The highest BCUT2D eigenvalue weighted by atomic mass is 19.1. The molecule has 0 spiro atoms. The Kier molecular flexibility index (Phi) is 5.19. The van der Waals surface area contributed by atoms with Crippen LogP contribution < -0.4 is 10.1 Å². The Morgan fingerprint density at radius 1 is 1.50 bits per heavy atom. The van der Waals surface area contributed by atoms with Gasteiger partial charge in [0.15, 0.2) is 5.82 Å². The molecule has 1 aromatic heterocycles. The molecule has 1 fully saturated rings. The van der Waals surface area contributed by atoms with Gasteiger partial charge < -0.3 is 10.1 Å². The predicted octanol–water partition coefficient (Wildman–Crippen LogP) is 2.16. The zero-order valence-electron chi connectivity index (χ0n) is 10.1. The van der Waals surface area contributed by atoms with Crippen molar-refractivity contribution >= 4 is 0 Å². The van der Waals surface area contributed by atoms with Crippen molar-refractivity contribution in [2.24, 2.45) is 0 Å². The van der Waals surface area contributed by atoms with Crippen LogP contribution in [0.5, 0.6) is 5.88 Å². The fraction of sp³-hybridized carbons (Fsp3) is 0.583. The smallest absolute Gasteiger partial charge is 0.250 e. The van der Waals surface area contributed by atoms with Crippen molar-refractivity contribution in [3.8, 4) is 5.88 Å². The van der Waals surface area contributed by atoms with Crippen molar-refractivity contribution < 1.29 is 9.13 Å². The summed E-state index contributed by atoms with van der Waals surface area (Å²) >= 11 is 0. The second-order valence-corrected chi connectivity index (χ2v) is 3.38. The third-order valence-corrected chi connectivity index (χ3v) is 2.29. The van der Waals surface area contributed by atoms with Crippen molar-refractivity contribution in [1.82, 2.24) is 10.3 Å². The minimum Gasteiger partial charge on any atom is -0.470 e. The van der Waals surface area contributed by atoms with Gasteiger partial charge >= 0.3 is 0 Å². The third kappa shape index (κ3) is 3.17. The first-order valence-corrected chi connectivity index (χ1v) is 5.81. The molecule has 0 radical (unpaired) electrons. The van der Waals surface area contributed by atoms with E-state index in [9.17, 15) is 4.39 Å². The van der Waals surface area contributed by atoms with E-state index in [2.05, 4.69) is 10.3 Å². The lowest BCUT2D eigenvalue weighted by atomic mass is 10.2. The maximum absolute atomic E-state index is 13.3. The molecule has 0 aromatic carbocycles. The number of hydrogen-bond acceptors (Lipinski definition) is 3. The Bertz CT molecular complexity index is 327. The van der Waals surface area contributed by atoms with Crippen LogP contribution in [0.4, 0.5) is 4.39 Å². The van der Waals surface area contributed by atoms with E-state index in [-0.39, 0.29) is 17.8 Å². The molecule has 1 aromatic rings. The van der Waals surface area contributed by atoms with Gasteiger partial charge in [-0.1, -0.05) is 20.8 Å². The topological polar surface area (TPSA) is 34.1 Å². The molecule has 0 aliphatic carbocycles. The van der Waals surface area contributed by atoms with Gasteiger partial charge in [-0.2, -0.15) is 0 Å². The van der Waals surface area contributed by atoms with Crippen molar-refractivity contribution in [2.75, 3.05) is 13.1 Å². The molecule has 2 rings (SSSR count). The maximum atomic E-state index is 13.3. The van der Waals surface area contributed by atoms with Gasteiger partial charge in [0.2, 0.25) is 0 Å². The van der Waals surface area contributed by atoms with E-state index in [1.54, 1.807) is 6.20 Å². The van der Waals surface area contributed by atoms with E-state index >= 15 is 0 Å². The van der Waals surface area contributed by atoms with E-state index in [0.717, 1.165) is 25.1 Å². The maximum Gasteiger partial charge on any atom is 0.250 e. The molecular formula is C12H19FN2O. The largest absolute Gasteiger partial charge is 0.470 e. The SMILES string of the molecule is CC.CCc1cnc(OC2CNC2)c(F)c1. The highest BCUT2D eigenvalue weighted by Crippen LogP contribution is 2.17. The average Bonchev–Trinajstić information content (AvgIpc) is 2.27. The Balaban J connectivity index is 0.000000606. The summed E-state index contributed by atoms with van der Waals surface area (Å²) in [7, 11) is 0. The number of hydrogen-bond donors (Lipinski definition) is 1. The van der Waals surface area contributed by atoms with Crippen LogP contribution in [0.25, 0.3) is 0 Å². The second kappa shape index (κ2) is 6.43. The van der Waals surface area contributed by atoms with Crippen molar-refractivity contribution in [3.05, 3.63) is 23.6 Å². The lowest BCUT2D eigenvalue weighted by Crippen LogP contribution is -2.50. The number of pyridine rings is 1. The Hall–Kier alpha value is -1.16. The lowest BCUT2D eigenvalue weighted by Gasteiger charge is -2.27. The minimum atomic E-state index is -0.365. The summed E-state index contributed by atoms with van der Waals surface area (Å²) in [6, 6.07) is 1.48. The summed E-state index contributed by atoms with van der Waals surface area (Å²) in [4.78, 5) is 3.95. The fourth-order valence-corrected chi connectivity index (χ4v) is 1.25. The van der Waals surface area contributed by atoms with E-state index in [0.29, 0.717) is 0 Å². The first-order chi connectivity index (χ1) is 7.79. The molecule has 1 N–H and O–H groups in total. The number of halogens is 1. The molecule has 1 saturated heterocycles. The van der Waals surface area contributed by atoms with Gasteiger partial charge in [0.25, 0.3) is 5.88 Å². The van der Waals surface area contributed by atoms with E-state index < -0.39 is 0 Å². The molecule has 4 heteroatoms. The van der Waals surface area contributed by atoms with Crippen LogP contribution >= 0.6 is 0 Å². The molecule has 0 saturated carbocycles. The van der Waals surface area contributed by atoms with Gasteiger partial charge in [0.05, 0.1) is 0 Å². The van der Waals surface area contributed by atoms with Crippen LogP contribution in [-0.2, 0) is 6.42 Å². The highest BCUT2D eigenvalue weighted by molar-refractivity contribution is 5.20. The summed E-state index contributed by atoms with van der Waals surface area (Å²) in [6.07, 6.45) is 2.52. The Morgan fingerprint density at radius 2 is 2.19 bits per heavy atom. The first kappa shape index (κ1) is 12.9. The zero-order valence-corrected chi connectivity index (χ0v) is 10.1. The molecule has 0 atom stereocenters. The van der Waals surface area contributed by atoms with Gasteiger partial charge in [-0.25, -0.2) is 9.37 Å². The second-order valence-electron chi connectivity index (χ2n) is 3.38. The Labute approximate surface area is 96.0 Å². The molecule has 90 valence electrons. The number of nitrogens with one attached hydrogen (secondary N) is 1. The van der Waals surface area contributed by atoms with Gasteiger partial charge in [0.1, 0.15) is 6.10 Å². The van der Waals surface area contributed by atoms with Crippen molar-refractivity contribution in [2.45, 2.75) is 33.3 Å². The van der Waals surface area contributed by atoms with Crippen molar-refractivity contribution in [1.29, 1.82) is 0 Å². The number of ether oxygens (including phenoxy) is 1. The molecule has 3 nitrogen and oxygen atoms in total. The predicted molar refractivity (Wildman–Crippen MR) is 62.2 cm³/mol. The monoisotopic (exact) mass is 226 g/mol. The number of rotatable bonds is 3. The zero-order chi connectivity index (χ0) is 12.0. The van der Waals surface area contributed by atoms with Gasteiger partial charge in [-0.05, 0) is 18.1 Å². The fourth-order valence-electron chi connectivity index (χ4n) is 1.25. The van der Waals surface area contributed by atoms with E-state index in [4.69, 9.17) is 4.74 Å². The molecule has 0 bridgehead atoms. The van der Waals surface area contributed by atoms with Crippen LogP contribution in [0.1, 0.15) is 26.3 Å². The summed E-state index contributed by atoms with van der Waals surface area (Å²) in [5.41, 5.74) is 0.890. The van der Waals surface area contributed by atoms with Crippen LogP contribution in [-0.4, -0.2) is 24.2 Å². The highest BCUT2D eigenvalue weighted by Gasteiger charge is 2.20. The molecule has 0 unspecified atom stereocenters.